The molecule has 0 bridgehead atoms. The van der Waals surface area contributed by atoms with Gasteiger partial charge in [0.1, 0.15) is 0 Å². The highest BCUT2D eigenvalue weighted by molar-refractivity contribution is 9.10. The summed E-state index contributed by atoms with van der Waals surface area (Å²) in [5, 5.41) is 0.757. The lowest BCUT2D eigenvalue weighted by atomic mass is 10.4. The lowest BCUT2D eigenvalue weighted by molar-refractivity contribution is 1.65. The number of rotatable bonds is 0. The van der Waals surface area contributed by atoms with Crippen LogP contribution in [0.4, 0.5) is 0 Å². The second-order valence-electron chi connectivity index (χ2n) is 1.41. The van der Waals surface area contributed by atoms with E-state index in [0.717, 1.165) is 9.50 Å². The maximum absolute atomic E-state index is 5.66. The van der Waals surface area contributed by atoms with Gasteiger partial charge in [-0.3, -0.25) is 0 Å². The monoisotopic (exact) mass is 216 g/mol. The third-order valence-electron chi connectivity index (χ3n) is 0.824. The maximum atomic E-state index is 5.66. The largest absolute Gasteiger partial charge is 0.316 e. The van der Waals surface area contributed by atoms with Gasteiger partial charge in [-0.1, -0.05) is 23.7 Å². The minimum atomic E-state index is 0. The van der Waals surface area contributed by atoms with E-state index >= 15 is 0 Å². The third-order valence-corrected chi connectivity index (χ3v) is 2.07. The number of hydrogen-bond donors (Lipinski definition) is 0. The van der Waals surface area contributed by atoms with Gasteiger partial charge in [0.15, 0.2) is 0 Å². The maximum Gasteiger partial charge on any atom is 0.316 e. The Morgan fingerprint density at radius 1 is 1.22 bits per heavy atom. The third kappa shape index (κ3) is 2.89. The SMILES string of the molecule is Clc1ccccc1Br.[MgH2]. The molecule has 0 N–H and O–H groups in total. The van der Waals surface area contributed by atoms with Crippen molar-refractivity contribution in [1.82, 2.24) is 0 Å². The van der Waals surface area contributed by atoms with E-state index in [0.29, 0.717) is 0 Å². The highest BCUT2D eigenvalue weighted by atomic mass is 79.9. The van der Waals surface area contributed by atoms with Gasteiger partial charge in [0, 0.05) is 4.47 Å². The van der Waals surface area contributed by atoms with Crippen molar-refractivity contribution < 1.29 is 0 Å². The van der Waals surface area contributed by atoms with E-state index in [9.17, 15) is 0 Å². The normalized spacial score (nSPS) is 8.22. The van der Waals surface area contributed by atoms with Gasteiger partial charge >= 0.3 is 23.1 Å². The molecule has 46 valence electrons. The number of hydrogen-bond acceptors (Lipinski definition) is 0. The van der Waals surface area contributed by atoms with Gasteiger partial charge < -0.3 is 0 Å². The van der Waals surface area contributed by atoms with Crippen molar-refractivity contribution in [3.63, 3.8) is 0 Å². The second kappa shape index (κ2) is 4.55. The second-order valence-corrected chi connectivity index (χ2v) is 2.68. The number of benzene rings is 1. The molecule has 0 atom stereocenters. The molecule has 0 saturated heterocycles. The van der Waals surface area contributed by atoms with E-state index in [1.807, 2.05) is 24.3 Å². The first-order valence-electron chi connectivity index (χ1n) is 2.21. The number of halogens is 2. The van der Waals surface area contributed by atoms with Crippen LogP contribution >= 0.6 is 27.5 Å². The van der Waals surface area contributed by atoms with Crippen molar-refractivity contribution in [3.05, 3.63) is 33.8 Å². The van der Waals surface area contributed by atoms with E-state index in [4.69, 9.17) is 11.6 Å². The van der Waals surface area contributed by atoms with Crippen LogP contribution in [0, 0.1) is 0 Å². The van der Waals surface area contributed by atoms with Crippen molar-refractivity contribution in [2.75, 3.05) is 0 Å². The predicted molar refractivity (Wildman–Crippen MR) is 47.7 cm³/mol. The van der Waals surface area contributed by atoms with Crippen LogP contribution in [-0.4, -0.2) is 23.1 Å². The van der Waals surface area contributed by atoms with Crippen LogP contribution in [0.1, 0.15) is 0 Å². The Balaban J connectivity index is 0.000000640. The smallest absolute Gasteiger partial charge is 0.0831 e. The van der Waals surface area contributed by atoms with E-state index in [1.54, 1.807) is 0 Å². The van der Waals surface area contributed by atoms with Crippen LogP contribution < -0.4 is 0 Å². The quantitative estimate of drug-likeness (QED) is 0.585. The topological polar surface area (TPSA) is 0 Å². The summed E-state index contributed by atoms with van der Waals surface area (Å²) in [5.74, 6) is 0. The first-order chi connectivity index (χ1) is 3.80. The van der Waals surface area contributed by atoms with E-state index in [1.165, 1.54) is 0 Å². The molecule has 0 aromatic heterocycles. The van der Waals surface area contributed by atoms with Gasteiger partial charge in [-0.25, -0.2) is 0 Å². The Kier molecular flexibility index (Phi) is 4.94. The molecule has 0 aliphatic carbocycles. The van der Waals surface area contributed by atoms with Gasteiger partial charge in [0.05, 0.1) is 5.02 Å². The minimum absolute atomic E-state index is 0. The lowest BCUT2D eigenvalue weighted by Crippen LogP contribution is -1.62. The highest BCUT2D eigenvalue weighted by Gasteiger charge is 1.88. The Labute approximate surface area is 83.9 Å². The Morgan fingerprint density at radius 2 is 1.78 bits per heavy atom. The fraction of sp³-hybridized carbons (Fsp3) is 0. The summed E-state index contributed by atoms with van der Waals surface area (Å²) in [5.41, 5.74) is 0. The minimum Gasteiger partial charge on any atom is -0.0831 e. The van der Waals surface area contributed by atoms with Crippen molar-refractivity contribution >= 4 is 50.6 Å². The summed E-state index contributed by atoms with van der Waals surface area (Å²) < 4.78 is 0.946. The summed E-state index contributed by atoms with van der Waals surface area (Å²) >= 11 is 8.93. The zero-order valence-electron chi connectivity index (χ0n) is 4.07. The standard InChI is InChI=1S/C6H4BrCl.Mg.2H/c7-5-3-1-2-4-6(5)8;;;/h1-4H;;;. The molecule has 1 rings (SSSR count). The summed E-state index contributed by atoms with van der Waals surface area (Å²) in [6, 6.07) is 7.57. The molecule has 0 saturated carbocycles. The van der Waals surface area contributed by atoms with E-state index in [-0.39, 0.29) is 23.1 Å². The summed E-state index contributed by atoms with van der Waals surface area (Å²) in [6.45, 7) is 0. The van der Waals surface area contributed by atoms with Gasteiger partial charge in [-0.05, 0) is 28.1 Å². The van der Waals surface area contributed by atoms with Crippen LogP contribution in [0.5, 0.6) is 0 Å². The highest BCUT2D eigenvalue weighted by Crippen LogP contribution is 2.20. The zero-order chi connectivity index (χ0) is 5.98. The molecular weight excluding hydrogens is 212 g/mol. The van der Waals surface area contributed by atoms with Crippen molar-refractivity contribution in [1.29, 1.82) is 0 Å². The van der Waals surface area contributed by atoms with Crippen LogP contribution in [-0.2, 0) is 0 Å². The van der Waals surface area contributed by atoms with Gasteiger partial charge in [0.25, 0.3) is 0 Å². The average Bonchev–Trinajstić information content (AvgIpc) is 1.77. The molecule has 0 aliphatic heterocycles. The fourth-order valence-corrected chi connectivity index (χ4v) is 0.860. The molecule has 1 aromatic carbocycles. The van der Waals surface area contributed by atoms with Crippen LogP contribution in [0.25, 0.3) is 0 Å². The summed E-state index contributed by atoms with van der Waals surface area (Å²) in [6.07, 6.45) is 0. The van der Waals surface area contributed by atoms with Gasteiger partial charge in [-0.15, -0.1) is 0 Å². The molecule has 0 amide bonds. The molecule has 0 nitrogen and oxygen atoms in total. The predicted octanol–water partition coefficient (Wildman–Crippen LogP) is 2.19. The summed E-state index contributed by atoms with van der Waals surface area (Å²) in [7, 11) is 0. The van der Waals surface area contributed by atoms with Gasteiger partial charge in [-0.2, -0.15) is 0 Å². The first kappa shape index (κ1) is 9.76. The molecule has 0 radical (unpaired) electrons. The molecule has 0 unspecified atom stereocenters. The van der Waals surface area contributed by atoms with Crippen LogP contribution in [0.2, 0.25) is 5.02 Å². The fourth-order valence-electron chi connectivity index (χ4n) is 0.439. The molecule has 0 aliphatic rings. The molecular formula is C6H6BrClMg. The van der Waals surface area contributed by atoms with Crippen LogP contribution in [0.3, 0.4) is 0 Å². The van der Waals surface area contributed by atoms with E-state index < -0.39 is 0 Å². The molecule has 0 spiro atoms. The molecule has 9 heavy (non-hydrogen) atoms. The Bertz CT molecular complexity index is 169. The van der Waals surface area contributed by atoms with Crippen molar-refractivity contribution in [3.8, 4) is 0 Å². The molecule has 0 fully saturated rings. The Morgan fingerprint density at radius 3 is 2.11 bits per heavy atom. The van der Waals surface area contributed by atoms with Gasteiger partial charge in [0.2, 0.25) is 0 Å². The molecule has 0 heterocycles. The van der Waals surface area contributed by atoms with Crippen LogP contribution in [0.15, 0.2) is 28.7 Å². The first-order valence-corrected chi connectivity index (χ1v) is 3.38. The molecule has 1 aromatic rings. The lowest BCUT2D eigenvalue weighted by Gasteiger charge is -1.88. The Hall–Kier alpha value is 0.756. The van der Waals surface area contributed by atoms with Crippen molar-refractivity contribution in [2.24, 2.45) is 0 Å². The summed E-state index contributed by atoms with van der Waals surface area (Å²) in [4.78, 5) is 0. The van der Waals surface area contributed by atoms with E-state index in [2.05, 4.69) is 15.9 Å². The van der Waals surface area contributed by atoms with Crippen molar-refractivity contribution in [2.45, 2.75) is 0 Å². The average molecular weight is 218 g/mol. The molecule has 3 heteroatoms. The zero-order valence-corrected chi connectivity index (χ0v) is 6.41.